The van der Waals surface area contributed by atoms with Crippen molar-refractivity contribution in [2.24, 2.45) is 0 Å². The van der Waals surface area contributed by atoms with Gasteiger partial charge in [-0.1, -0.05) is 45.0 Å². The molecule has 3 N–H and O–H groups in total. The van der Waals surface area contributed by atoms with Crippen LogP contribution in [0.2, 0.25) is 0 Å². The standard InChI is InChI=1S/C28H28N2O5/c1-28(2,3)21-11-7-19(8-12-21)25(31)30-24(17-18-5-15-23(35-4)16-6-18)26(32)29-22-13-9-20(10-14-22)27(33)34/h5-17H,1-4H3,(H,29,32)(H,30,31)(H,33,34)/b24-17+. The highest BCUT2D eigenvalue weighted by atomic mass is 16.5. The van der Waals surface area contributed by atoms with Crippen molar-refractivity contribution < 1.29 is 24.2 Å². The molecule has 3 rings (SSSR count). The maximum absolute atomic E-state index is 13.1. The summed E-state index contributed by atoms with van der Waals surface area (Å²) in [5.41, 5.74) is 2.66. The number of carboxylic acids is 1. The SMILES string of the molecule is COc1ccc(/C=C(/NC(=O)c2ccc(C(C)(C)C)cc2)C(=O)Nc2ccc(C(=O)O)cc2)cc1. The number of carbonyl (C=O) groups excluding carboxylic acids is 2. The van der Waals surface area contributed by atoms with E-state index in [0.29, 0.717) is 22.6 Å². The Balaban J connectivity index is 1.86. The molecule has 0 aliphatic rings. The van der Waals surface area contributed by atoms with Crippen molar-refractivity contribution >= 4 is 29.5 Å². The maximum atomic E-state index is 13.1. The minimum atomic E-state index is -1.06. The van der Waals surface area contributed by atoms with Crippen LogP contribution in [0.3, 0.4) is 0 Å². The van der Waals surface area contributed by atoms with Crippen LogP contribution in [-0.4, -0.2) is 30.0 Å². The molecule has 0 unspecified atom stereocenters. The highest BCUT2D eigenvalue weighted by Crippen LogP contribution is 2.22. The Morgan fingerprint density at radius 2 is 1.40 bits per heavy atom. The highest BCUT2D eigenvalue weighted by molar-refractivity contribution is 6.10. The van der Waals surface area contributed by atoms with Crippen LogP contribution in [0.1, 0.15) is 52.6 Å². The average molecular weight is 473 g/mol. The van der Waals surface area contributed by atoms with Gasteiger partial charge in [0.25, 0.3) is 11.8 Å². The first-order valence-electron chi connectivity index (χ1n) is 11.0. The minimum absolute atomic E-state index is 0.0300. The number of amides is 2. The van der Waals surface area contributed by atoms with Crippen LogP contribution in [-0.2, 0) is 10.2 Å². The second-order valence-corrected chi connectivity index (χ2v) is 8.95. The van der Waals surface area contributed by atoms with Gasteiger partial charge in [0, 0.05) is 11.3 Å². The Bertz CT molecular complexity index is 1240. The van der Waals surface area contributed by atoms with Gasteiger partial charge in [0.15, 0.2) is 0 Å². The number of hydrogen-bond acceptors (Lipinski definition) is 4. The van der Waals surface area contributed by atoms with E-state index in [1.807, 2.05) is 12.1 Å². The van der Waals surface area contributed by atoms with Crippen molar-refractivity contribution in [1.82, 2.24) is 5.32 Å². The fourth-order valence-electron chi connectivity index (χ4n) is 3.24. The van der Waals surface area contributed by atoms with Gasteiger partial charge < -0.3 is 20.5 Å². The molecule has 0 heterocycles. The zero-order valence-corrected chi connectivity index (χ0v) is 20.1. The Morgan fingerprint density at radius 1 is 0.829 bits per heavy atom. The molecule has 7 heteroatoms. The predicted octanol–water partition coefficient (Wildman–Crippen LogP) is 5.10. The quantitative estimate of drug-likeness (QED) is 0.415. The van der Waals surface area contributed by atoms with Gasteiger partial charge >= 0.3 is 5.97 Å². The summed E-state index contributed by atoms with van der Waals surface area (Å²) in [5, 5.41) is 14.5. The molecule has 0 atom stereocenters. The monoisotopic (exact) mass is 472 g/mol. The van der Waals surface area contributed by atoms with Crippen LogP contribution in [0.5, 0.6) is 5.75 Å². The smallest absolute Gasteiger partial charge is 0.335 e. The summed E-state index contributed by atoms with van der Waals surface area (Å²) in [6, 6.07) is 20.0. The number of carbonyl (C=O) groups is 3. The lowest BCUT2D eigenvalue weighted by molar-refractivity contribution is -0.113. The summed E-state index contributed by atoms with van der Waals surface area (Å²) in [6.07, 6.45) is 1.56. The predicted molar refractivity (Wildman–Crippen MR) is 136 cm³/mol. The second kappa shape index (κ2) is 10.7. The zero-order chi connectivity index (χ0) is 25.6. The van der Waals surface area contributed by atoms with E-state index in [0.717, 1.165) is 5.56 Å². The molecule has 0 fully saturated rings. The third-order valence-electron chi connectivity index (χ3n) is 5.32. The van der Waals surface area contributed by atoms with Crippen molar-refractivity contribution in [3.63, 3.8) is 0 Å². The third-order valence-corrected chi connectivity index (χ3v) is 5.32. The molecule has 0 saturated carbocycles. The number of hydrogen-bond donors (Lipinski definition) is 3. The Labute approximate surface area is 204 Å². The first-order valence-corrected chi connectivity index (χ1v) is 11.0. The Hall–Kier alpha value is -4.39. The molecule has 0 aliphatic carbocycles. The fourth-order valence-corrected chi connectivity index (χ4v) is 3.24. The van der Waals surface area contributed by atoms with E-state index < -0.39 is 17.8 Å². The van der Waals surface area contributed by atoms with Crippen LogP contribution in [0.25, 0.3) is 6.08 Å². The van der Waals surface area contributed by atoms with Gasteiger partial charge in [-0.2, -0.15) is 0 Å². The lowest BCUT2D eigenvalue weighted by atomic mass is 9.87. The van der Waals surface area contributed by atoms with E-state index in [4.69, 9.17) is 9.84 Å². The fraction of sp³-hybridized carbons (Fsp3) is 0.179. The largest absolute Gasteiger partial charge is 0.497 e. The zero-order valence-electron chi connectivity index (χ0n) is 20.1. The number of ether oxygens (including phenoxy) is 1. The molecule has 7 nitrogen and oxygen atoms in total. The number of carboxylic acid groups (broad SMARTS) is 1. The highest BCUT2D eigenvalue weighted by Gasteiger charge is 2.17. The number of methoxy groups -OCH3 is 1. The average Bonchev–Trinajstić information content (AvgIpc) is 2.84. The molecule has 0 spiro atoms. The van der Waals surface area contributed by atoms with Crippen molar-refractivity contribution in [2.75, 3.05) is 12.4 Å². The lowest BCUT2D eigenvalue weighted by Gasteiger charge is -2.19. The molecule has 3 aromatic carbocycles. The van der Waals surface area contributed by atoms with Gasteiger partial charge in [-0.25, -0.2) is 4.79 Å². The van der Waals surface area contributed by atoms with Crippen LogP contribution in [0, 0.1) is 0 Å². The summed E-state index contributed by atoms with van der Waals surface area (Å²) in [7, 11) is 1.56. The van der Waals surface area contributed by atoms with Gasteiger partial charge in [-0.3, -0.25) is 9.59 Å². The molecule has 0 radical (unpaired) electrons. The van der Waals surface area contributed by atoms with E-state index in [9.17, 15) is 14.4 Å². The maximum Gasteiger partial charge on any atom is 0.335 e. The number of anilines is 1. The van der Waals surface area contributed by atoms with Gasteiger partial charge in [-0.15, -0.1) is 0 Å². The normalized spacial score (nSPS) is 11.5. The minimum Gasteiger partial charge on any atom is -0.497 e. The van der Waals surface area contributed by atoms with Gasteiger partial charge in [0.1, 0.15) is 11.4 Å². The molecule has 2 amide bonds. The van der Waals surface area contributed by atoms with Crippen molar-refractivity contribution in [3.8, 4) is 5.75 Å². The molecule has 3 aromatic rings. The van der Waals surface area contributed by atoms with Crippen molar-refractivity contribution in [3.05, 3.63) is 101 Å². The van der Waals surface area contributed by atoms with Gasteiger partial charge in [0.05, 0.1) is 12.7 Å². The van der Waals surface area contributed by atoms with E-state index in [-0.39, 0.29) is 16.7 Å². The Morgan fingerprint density at radius 3 is 1.91 bits per heavy atom. The molecule has 0 saturated heterocycles. The molecule has 0 bridgehead atoms. The first-order chi connectivity index (χ1) is 16.6. The molecule has 180 valence electrons. The summed E-state index contributed by atoms with van der Waals surface area (Å²) in [4.78, 5) is 37.1. The molecule has 0 aliphatic heterocycles. The summed E-state index contributed by atoms with van der Waals surface area (Å²) < 4.78 is 5.17. The van der Waals surface area contributed by atoms with Crippen molar-refractivity contribution in [2.45, 2.75) is 26.2 Å². The molecular formula is C28H28N2O5. The molecule has 0 aromatic heterocycles. The van der Waals surface area contributed by atoms with Crippen LogP contribution in [0.15, 0.2) is 78.5 Å². The third kappa shape index (κ3) is 6.80. The summed E-state index contributed by atoms with van der Waals surface area (Å²) in [5.74, 6) is -1.38. The number of aromatic carboxylic acids is 1. The van der Waals surface area contributed by atoms with E-state index in [1.165, 1.54) is 24.3 Å². The van der Waals surface area contributed by atoms with Gasteiger partial charge in [-0.05, 0) is 71.1 Å². The van der Waals surface area contributed by atoms with Crippen molar-refractivity contribution in [1.29, 1.82) is 0 Å². The second-order valence-electron chi connectivity index (χ2n) is 8.95. The Kier molecular flexibility index (Phi) is 7.71. The summed E-state index contributed by atoms with van der Waals surface area (Å²) >= 11 is 0. The van der Waals surface area contributed by atoms with E-state index in [1.54, 1.807) is 49.6 Å². The van der Waals surface area contributed by atoms with Crippen LogP contribution >= 0.6 is 0 Å². The molecular weight excluding hydrogens is 444 g/mol. The van der Waals surface area contributed by atoms with Crippen LogP contribution < -0.4 is 15.4 Å². The van der Waals surface area contributed by atoms with Crippen LogP contribution in [0.4, 0.5) is 5.69 Å². The lowest BCUT2D eigenvalue weighted by Crippen LogP contribution is -2.30. The van der Waals surface area contributed by atoms with Gasteiger partial charge in [0.2, 0.25) is 0 Å². The molecule has 35 heavy (non-hydrogen) atoms. The summed E-state index contributed by atoms with van der Waals surface area (Å²) in [6.45, 7) is 6.27. The topological polar surface area (TPSA) is 105 Å². The first kappa shape index (κ1) is 25.2. The number of benzene rings is 3. The van der Waals surface area contributed by atoms with E-state index >= 15 is 0 Å². The van der Waals surface area contributed by atoms with E-state index in [2.05, 4.69) is 31.4 Å². The number of rotatable bonds is 7. The number of nitrogens with one attached hydrogen (secondary N) is 2.